The molecule has 0 saturated carbocycles. The number of rotatable bonds is 0. The molecule has 3 aromatic carbocycles. The molecule has 0 radical (unpaired) electrons. The van der Waals surface area contributed by atoms with Crippen molar-refractivity contribution in [1.82, 2.24) is 0 Å². The van der Waals surface area contributed by atoms with Crippen molar-refractivity contribution < 1.29 is 0 Å². The summed E-state index contributed by atoms with van der Waals surface area (Å²) < 4.78 is -0.760. The standard InChI is InChI=1S/C15H8Cl2/c16-15(17)13-6-5-11-7-9-3-1-2-4-10(9)8-12(11)14(13)15/h1-8H. The van der Waals surface area contributed by atoms with Crippen molar-refractivity contribution in [1.29, 1.82) is 0 Å². The van der Waals surface area contributed by atoms with E-state index < -0.39 is 4.33 Å². The van der Waals surface area contributed by atoms with Crippen LogP contribution in [0.4, 0.5) is 0 Å². The molecular weight excluding hydrogens is 251 g/mol. The van der Waals surface area contributed by atoms with Crippen molar-refractivity contribution in [2.45, 2.75) is 4.33 Å². The van der Waals surface area contributed by atoms with Gasteiger partial charge in [-0.05, 0) is 39.2 Å². The minimum absolute atomic E-state index is 0.760. The molecule has 0 heterocycles. The van der Waals surface area contributed by atoms with Crippen molar-refractivity contribution >= 4 is 44.7 Å². The van der Waals surface area contributed by atoms with Crippen LogP contribution in [0.2, 0.25) is 0 Å². The molecule has 1 aliphatic carbocycles. The Labute approximate surface area is 109 Å². The van der Waals surface area contributed by atoms with E-state index >= 15 is 0 Å². The molecule has 0 nitrogen and oxygen atoms in total. The van der Waals surface area contributed by atoms with Crippen molar-refractivity contribution in [3.8, 4) is 0 Å². The van der Waals surface area contributed by atoms with E-state index in [0.29, 0.717) is 0 Å². The van der Waals surface area contributed by atoms with Crippen LogP contribution in [0, 0.1) is 0 Å². The van der Waals surface area contributed by atoms with Gasteiger partial charge in [0.1, 0.15) is 0 Å². The van der Waals surface area contributed by atoms with E-state index in [-0.39, 0.29) is 0 Å². The van der Waals surface area contributed by atoms with Gasteiger partial charge in [0.25, 0.3) is 0 Å². The predicted octanol–water partition coefficient (Wildman–Crippen LogP) is 4.99. The van der Waals surface area contributed by atoms with Crippen LogP contribution in [0.15, 0.2) is 48.5 Å². The highest BCUT2D eigenvalue weighted by molar-refractivity contribution is 6.55. The first-order valence-electron chi connectivity index (χ1n) is 5.52. The normalized spacial score (nSPS) is 16.1. The van der Waals surface area contributed by atoms with E-state index in [0.717, 1.165) is 11.1 Å². The lowest BCUT2D eigenvalue weighted by Crippen LogP contribution is -1.80. The van der Waals surface area contributed by atoms with E-state index in [2.05, 4.69) is 36.4 Å². The Balaban J connectivity index is 2.18. The van der Waals surface area contributed by atoms with Crippen molar-refractivity contribution in [2.24, 2.45) is 0 Å². The topological polar surface area (TPSA) is 0 Å². The first-order chi connectivity index (χ1) is 8.18. The maximum absolute atomic E-state index is 6.23. The summed E-state index contributed by atoms with van der Waals surface area (Å²) in [6.45, 7) is 0. The number of fused-ring (bicyclic) bond motifs is 4. The van der Waals surface area contributed by atoms with Crippen LogP contribution in [0.25, 0.3) is 21.5 Å². The van der Waals surface area contributed by atoms with Crippen molar-refractivity contribution in [3.05, 3.63) is 59.7 Å². The molecule has 0 unspecified atom stereocenters. The molecule has 4 rings (SSSR count). The van der Waals surface area contributed by atoms with Crippen LogP contribution in [0.5, 0.6) is 0 Å². The fourth-order valence-electron chi connectivity index (χ4n) is 2.54. The summed E-state index contributed by atoms with van der Waals surface area (Å²) in [5.74, 6) is 0. The van der Waals surface area contributed by atoms with Crippen LogP contribution < -0.4 is 0 Å². The predicted molar refractivity (Wildman–Crippen MR) is 73.9 cm³/mol. The molecule has 0 spiro atoms. The SMILES string of the molecule is ClC1(Cl)c2ccc3cc4ccccc4cc3c21. The zero-order valence-corrected chi connectivity index (χ0v) is 10.4. The van der Waals surface area contributed by atoms with Gasteiger partial charge in [0.15, 0.2) is 4.33 Å². The lowest BCUT2D eigenvalue weighted by Gasteiger charge is -2.01. The Kier molecular flexibility index (Phi) is 1.69. The number of alkyl halides is 2. The van der Waals surface area contributed by atoms with Crippen molar-refractivity contribution in [2.75, 3.05) is 0 Å². The van der Waals surface area contributed by atoms with Gasteiger partial charge in [-0.1, -0.05) is 59.6 Å². The van der Waals surface area contributed by atoms with E-state index in [1.165, 1.54) is 21.5 Å². The Bertz CT molecular complexity index is 772. The van der Waals surface area contributed by atoms with Gasteiger partial charge in [-0.2, -0.15) is 0 Å². The molecule has 82 valence electrons. The van der Waals surface area contributed by atoms with Gasteiger partial charge in [-0.25, -0.2) is 0 Å². The van der Waals surface area contributed by atoms with E-state index in [9.17, 15) is 0 Å². The van der Waals surface area contributed by atoms with E-state index in [1.807, 2.05) is 12.1 Å². The highest BCUT2D eigenvalue weighted by atomic mass is 35.5. The highest BCUT2D eigenvalue weighted by Crippen LogP contribution is 2.59. The van der Waals surface area contributed by atoms with Gasteiger partial charge in [-0.3, -0.25) is 0 Å². The van der Waals surface area contributed by atoms with Crippen LogP contribution >= 0.6 is 23.2 Å². The molecule has 0 amide bonds. The summed E-state index contributed by atoms with van der Waals surface area (Å²) in [4.78, 5) is 0. The summed E-state index contributed by atoms with van der Waals surface area (Å²) in [6.07, 6.45) is 0. The third-order valence-corrected chi connectivity index (χ3v) is 4.26. The van der Waals surface area contributed by atoms with E-state index in [1.54, 1.807) is 0 Å². The molecule has 17 heavy (non-hydrogen) atoms. The third-order valence-electron chi connectivity index (χ3n) is 3.48. The molecule has 0 aromatic heterocycles. The lowest BCUT2D eigenvalue weighted by molar-refractivity contribution is 1.37. The maximum Gasteiger partial charge on any atom is 0.169 e. The molecule has 2 heteroatoms. The fourth-order valence-corrected chi connectivity index (χ4v) is 3.17. The minimum atomic E-state index is -0.760. The van der Waals surface area contributed by atoms with Crippen LogP contribution in [-0.2, 0) is 4.33 Å². The van der Waals surface area contributed by atoms with Gasteiger partial charge in [0.05, 0.1) is 0 Å². The smallest absolute Gasteiger partial charge is 0.0909 e. The largest absolute Gasteiger partial charge is 0.169 e. The van der Waals surface area contributed by atoms with E-state index in [4.69, 9.17) is 23.2 Å². The summed E-state index contributed by atoms with van der Waals surface area (Å²) in [5, 5.41) is 4.84. The Morgan fingerprint density at radius 1 is 0.765 bits per heavy atom. The Hall–Kier alpha value is -1.24. The lowest BCUT2D eigenvalue weighted by atomic mass is 10.0. The quantitative estimate of drug-likeness (QED) is 0.394. The number of halogens is 2. The third kappa shape index (κ3) is 1.20. The average Bonchev–Trinajstić information content (AvgIpc) is 2.90. The molecule has 0 fully saturated rings. The maximum atomic E-state index is 6.23. The van der Waals surface area contributed by atoms with Crippen molar-refractivity contribution in [3.63, 3.8) is 0 Å². The summed E-state index contributed by atoms with van der Waals surface area (Å²) in [6, 6.07) is 16.8. The first-order valence-corrected chi connectivity index (χ1v) is 6.28. The van der Waals surface area contributed by atoms with Gasteiger partial charge < -0.3 is 0 Å². The number of hydrogen-bond acceptors (Lipinski definition) is 0. The Morgan fingerprint density at radius 2 is 1.47 bits per heavy atom. The molecule has 1 aliphatic rings. The molecule has 3 aromatic rings. The Morgan fingerprint density at radius 3 is 2.24 bits per heavy atom. The molecule has 0 aliphatic heterocycles. The highest BCUT2D eigenvalue weighted by Gasteiger charge is 2.48. The van der Waals surface area contributed by atoms with Crippen LogP contribution in [-0.4, -0.2) is 0 Å². The summed E-state index contributed by atoms with van der Waals surface area (Å²) >= 11 is 12.5. The average molecular weight is 259 g/mol. The second-order valence-electron chi connectivity index (χ2n) is 4.48. The van der Waals surface area contributed by atoms with Gasteiger partial charge in [-0.15, -0.1) is 0 Å². The van der Waals surface area contributed by atoms with Crippen LogP contribution in [0.1, 0.15) is 11.1 Å². The second-order valence-corrected chi connectivity index (χ2v) is 5.81. The molecular formula is C15H8Cl2. The molecule has 0 N–H and O–H groups in total. The summed E-state index contributed by atoms with van der Waals surface area (Å²) in [5.41, 5.74) is 2.12. The molecule has 0 saturated heterocycles. The van der Waals surface area contributed by atoms with Gasteiger partial charge >= 0.3 is 0 Å². The van der Waals surface area contributed by atoms with Crippen LogP contribution in [0.3, 0.4) is 0 Å². The first kappa shape index (κ1) is 9.76. The second kappa shape index (κ2) is 2.95. The fraction of sp³-hybridized carbons (Fsp3) is 0.0667. The monoisotopic (exact) mass is 258 g/mol. The zero-order chi connectivity index (χ0) is 11.6. The molecule has 0 atom stereocenters. The molecule has 0 bridgehead atoms. The minimum Gasteiger partial charge on any atom is -0.0909 e. The number of benzene rings is 3. The number of hydrogen-bond donors (Lipinski definition) is 0. The van der Waals surface area contributed by atoms with Gasteiger partial charge in [0.2, 0.25) is 0 Å². The van der Waals surface area contributed by atoms with Gasteiger partial charge in [0, 0.05) is 5.56 Å². The summed E-state index contributed by atoms with van der Waals surface area (Å²) in [7, 11) is 0. The zero-order valence-electron chi connectivity index (χ0n) is 8.87.